The largest absolute Gasteiger partial charge is 0.465 e. The molecule has 2 heterocycles. The second-order valence-corrected chi connectivity index (χ2v) is 10.5. The fourth-order valence-corrected chi connectivity index (χ4v) is 6.37. The summed E-state index contributed by atoms with van der Waals surface area (Å²) < 4.78 is 10.5. The Bertz CT molecular complexity index is 965. The molecule has 2 saturated carbocycles. The molecule has 2 aliphatic heterocycles. The van der Waals surface area contributed by atoms with Gasteiger partial charge in [-0.1, -0.05) is 0 Å². The first kappa shape index (κ1) is 24.1. The molecule has 9 heteroatoms. The fourth-order valence-electron chi connectivity index (χ4n) is 6.37. The first-order valence-corrected chi connectivity index (χ1v) is 12.8. The van der Waals surface area contributed by atoms with E-state index in [1.54, 1.807) is 31.2 Å². The lowest BCUT2D eigenvalue weighted by molar-refractivity contribution is -0.142. The Morgan fingerprint density at radius 3 is 2.37 bits per heavy atom. The summed E-state index contributed by atoms with van der Waals surface area (Å²) >= 11 is 0. The molecule has 2 amide bonds. The van der Waals surface area contributed by atoms with E-state index in [4.69, 9.17) is 9.47 Å². The van der Waals surface area contributed by atoms with Crippen molar-refractivity contribution in [3.05, 3.63) is 29.8 Å². The van der Waals surface area contributed by atoms with E-state index in [0.717, 1.165) is 32.4 Å². The Morgan fingerprint density at radius 2 is 1.71 bits per heavy atom. The van der Waals surface area contributed by atoms with Gasteiger partial charge in [0.05, 0.1) is 24.8 Å². The number of benzene rings is 1. The molecule has 1 N–H and O–H groups in total. The standard InChI is InChI=1S/C26H36N4O5/c1-16-14-28(26(33)35-22-9-4-18(5-10-22)25(32)34-3)24-12-19(6-11-23(24)30(16)17(2)31)20-13-27-29(15-20)21-7-8-21/h4-5,9-10,16,19-21,23-24,27H,6-8,11-15H2,1-3H3/t16-,19?,20?,23?,24?/m0/s1. The van der Waals surface area contributed by atoms with E-state index in [2.05, 4.69) is 10.4 Å². The zero-order valence-corrected chi connectivity index (χ0v) is 20.8. The van der Waals surface area contributed by atoms with Crippen molar-refractivity contribution in [2.24, 2.45) is 11.8 Å². The highest BCUT2D eigenvalue weighted by molar-refractivity contribution is 5.89. The Kier molecular flexibility index (Phi) is 6.72. The van der Waals surface area contributed by atoms with Crippen molar-refractivity contribution < 1.29 is 23.9 Å². The SMILES string of the molecule is COC(=O)c1ccc(OC(=O)N2C[C@H](C)N(C(C)=O)C3CCC(C4CNN(C5CC5)C4)CC32)cc1. The smallest absolute Gasteiger partial charge is 0.415 e. The number of piperazine rings is 1. The lowest BCUT2D eigenvalue weighted by Crippen LogP contribution is -2.67. The third-order valence-electron chi connectivity index (χ3n) is 8.24. The number of carbonyl (C=O) groups excluding carboxylic acids is 3. The predicted molar refractivity (Wildman–Crippen MR) is 129 cm³/mol. The normalized spacial score (nSPS) is 31.1. The molecule has 190 valence electrons. The number of methoxy groups -OCH3 is 1. The van der Waals surface area contributed by atoms with Gasteiger partial charge >= 0.3 is 12.1 Å². The summed E-state index contributed by atoms with van der Waals surface area (Å²) in [7, 11) is 1.33. The zero-order chi connectivity index (χ0) is 24.7. The van der Waals surface area contributed by atoms with E-state index >= 15 is 0 Å². The fraction of sp³-hybridized carbons (Fsp3) is 0.654. The van der Waals surface area contributed by atoms with Crippen LogP contribution in [0.4, 0.5) is 4.79 Å². The van der Waals surface area contributed by atoms with Gasteiger partial charge in [-0.25, -0.2) is 14.6 Å². The minimum absolute atomic E-state index is 0.00986. The number of esters is 1. The van der Waals surface area contributed by atoms with Crippen LogP contribution in [0, 0.1) is 11.8 Å². The van der Waals surface area contributed by atoms with Crippen LogP contribution in [0.1, 0.15) is 56.3 Å². The summed E-state index contributed by atoms with van der Waals surface area (Å²) in [5.74, 6) is 1.08. The maximum absolute atomic E-state index is 13.4. The monoisotopic (exact) mass is 484 g/mol. The van der Waals surface area contributed by atoms with E-state index in [9.17, 15) is 14.4 Å². The Labute approximate surface area is 206 Å². The molecule has 4 fully saturated rings. The molecule has 2 aliphatic carbocycles. The van der Waals surface area contributed by atoms with Crippen molar-refractivity contribution in [1.82, 2.24) is 20.2 Å². The number of ether oxygens (including phenoxy) is 2. The Hall–Kier alpha value is -2.65. The molecule has 1 aromatic rings. The minimum Gasteiger partial charge on any atom is -0.465 e. The van der Waals surface area contributed by atoms with Gasteiger partial charge in [-0.05, 0) is 75.1 Å². The number of rotatable bonds is 4. The molecule has 5 atom stereocenters. The third-order valence-corrected chi connectivity index (χ3v) is 8.24. The molecular weight excluding hydrogens is 448 g/mol. The van der Waals surface area contributed by atoms with Gasteiger partial charge in [0.2, 0.25) is 5.91 Å². The zero-order valence-electron chi connectivity index (χ0n) is 20.8. The molecule has 1 aromatic carbocycles. The highest BCUT2D eigenvalue weighted by Gasteiger charge is 2.49. The van der Waals surface area contributed by atoms with Gasteiger partial charge in [0.1, 0.15) is 5.75 Å². The molecule has 0 aromatic heterocycles. The first-order chi connectivity index (χ1) is 16.9. The molecule has 0 spiro atoms. The molecular formula is C26H36N4O5. The summed E-state index contributed by atoms with van der Waals surface area (Å²) in [5, 5.41) is 2.41. The number of hydrazine groups is 1. The van der Waals surface area contributed by atoms with E-state index < -0.39 is 12.1 Å². The average molecular weight is 485 g/mol. The van der Waals surface area contributed by atoms with Crippen LogP contribution in [0.5, 0.6) is 5.75 Å². The van der Waals surface area contributed by atoms with Crippen molar-refractivity contribution in [3.8, 4) is 5.75 Å². The summed E-state index contributed by atoms with van der Waals surface area (Å²) in [6.07, 6.45) is 5.01. The van der Waals surface area contributed by atoms with Crippen molar-refractivity contribution in [2.75, 3.05) is 26.7 Å². The van der Waals surface area contributed by atoms with E-state index in [0.29, 0.717) is 35.7 Å². The van der Waals surface area contributed by atoms with Crippen LogP contribution in [-0.4, -0.2) is 83.7 Å². The van der Waals surface area contributed by atoms with Gasteiger partial charge in [0.15, 0.2) is 0 Å². The molecule has 2 saturated heterocycles. The number of nitrogens with one attached hydrogen (secondary N) is 1. The first-order valence-electron chi connectivity index (χ1n) is 12.8. The lowest BCUT2D eigenvalue weighted by Gasteiger charge is -2.54. The number of hydrogen-bond donors (Lipinski definition) is 1. The summed E-state index contributed by atoms with van der Waals surface area (Å²) in [6, 6.07) is 6.96. The van der Waals surface area contributed by atoms with E-state index in [1.807, 2.05) is 16.7 Å². The number of amides is 2. The van der Waals surface area contributed by atoms with Gasteiger partial charge in [-0.2, -0.15) is 0 Å². The molecule has 5 rings (SSSR count). The van der Waals surface area contributed by atoms with Crippen LogP contribution in [0.25, 0.3) is 0 Å². The highest BCUT2D eigenvalue weighted by Crippen LogP contribution is 2.41. The topological polar surface area (TPSA) is 91.4 Å². The molecule has 9 nitrogen and oxygen atoms in total. The lowest BCUT2D eigenvalue weighted by atomic mass is 9.73. The van der Waals surface area contributed by atoms with Crippen molar-refractivity contribution in [3.63, 3.8) is 0 Å². The van der Waals surface area contributed by atoms with Crippen molar-refractivity contribution in [1.29, 1.82) is 0 Å². The van der Waals surface area contributed by atoms with Gasteiger partial charge in [0.25, 0.3) is 0 Å². The van der Waals surface area contributed by atoms with Crippen molar-refractivity contribution >= 4 is 18.0 Å². The summed E-state index contributed by atoms with van der Waals surface area (Å²) in [6.45, 7) is 6.14. The molecule has 35 heavy (non-hydrogen) atoms. The summed E-state index contributed by atoms with van der Waals surface area (Å²) in [5.41, 5.74) is 3.99. The number of nitrogens with zero attached hydrogens (tertiary/aromatic N) is 3. The number of fused-ring (bicyclic) bond motifs is 1. The predicted octanol–water partition coefficient (Wildman–Crippen LogP) is 2.66. The second kappa shape index (κ2) is 9.78. The highest BCUT2D eigenvalue weighted by atomic mass is 16.6. The van der Waals surface area contributed by atoms with E-state index in [-0.39, 0.29) is 24.0 Å². The minimum atomic E-state index is -0.435. The maximum Gasteiger partial charge on any atom is 0.415 e. The maximum atomic E-state index is 13.4. The molecule has 4 unspecified atom stereocenters. The average Bonchev–Trinajstić information content (AvgIpc) is 3.59. The van der Waals surface area contributed by atoms with Crippen LogP contribution in [0.3, 0.4) is 0 Å². The van der Waals surface area contributed by atoms with Gasteiger partial charge in [-0.3, -0.25) is 10.2 Å². The van der Waals surface area contributed by atoms with Crippen LogP contribution >= 0.6 is 0 Å². The van der Waals surface area contributed by atoms with Crippen LogP contribution in [-0.2, 0) is 9.53 Å². The third kappa shape index (κ3) is 4.89. The molecule has 4 aliphatic rings. The van der Waals surface area contributed by atoms with Crippen LogP contribution in [0.15, 0.2) is 24.3 Å². The number of hydrogen-bond acceptors (Lipinski definition) is 7. The number of carbonyl (C=O) groups is 3. The van der Waals surface area contributed by atoms with E-state index in [1.165, 1.54) is 20.0 Å². The van der Waals surface area contributed by atoms with Crippen LogP contribution in [0.2, 0.25) is 0 Å². The molecule has 0 radical (unpaired) electrons. The Morgan fingerprint density at radius 1 is 0.971 bits per heavy atom. The summed E-state index contributed by atoms with van der Waals surface area (Å²) in [4.78, 5) is 41.5. The van der Waals surface area contributed by atoms with Gasteiger partial charge < -0.3 is 19.3 Å². The second-order valence-electron chi connectivity index (χ2n) is 10.5. The quantitative estimate of drug-likeness (QED) is 0.657. The van der Waals surface area contributed by atoms with Crippen molar-refractivity contribution in [2.45, 2.75) is 70.1 Å². The van der Waals surface area contributed by atoms with Gasteiger partial charge in [-0.15, -0.1) is 0 Å². The molecule has 0 bridgehead atoms. The van der Waals surface area contributed by atoms with Crippen LogP contribution < -0.4 is 10.2 Å². The Balaban J connectivity index is 1.31. The van der Waals surface area contributed by atoms with Gasteiger partial charge in [0, 0.05) is 38.6 Å².